The van der Waals surface area contributed by atoms with Crippen molar-refractivity contribution in [2.45, 2.75) is 19.0 Å². The predicted molar refractivity (Wildman–Crippen MR) is 111 cm³/mol. The summed E-state index contributed by atoms with van der Waals surface area (Å²) in [5, 5.41) is 12.9. The van der Waals surface area contributed by atoms with Crippen LogP contribution in [-0.4, -0.2) is 39.4 Å². The molecule has 146 valence electrons. The van der Waals surface area contributed by atoms with Crippen molar-refractivity contribution in [1.29, 1.82) is 0 Å². The molecule has 7 nitrogen and oxygen atoms in total. The van der Waals surface area contributed by atoms with Crippen molar-refractivity contribution in [3.63, 3.8) is 0 Å². The summed E-state index contributed by atoms with van der Waals surface area (Å²) in [6, 6.07) is 7.13. The Labute approximate surface area is 174 Å². The third-order valence-corrected chi connectivity index (χ3v) is 5.58. The molecular weight excluding hydrogens is 420 g/mol. The van der Waals surface area contributed by atoms with Crippen molar-refractivity contribution in [2.24, 2.45) is 0 Å². The fourth-order valence-electron chi connectivity index (χ4n) is 2.38. The second-order valence-electron chi connectivity index (χ2n) is 5.62. The number of rotatable bonds is 7. The van der Waals surface area contributed by atoms with Gasteiger partial charge in [-0.15, -0.1) is 16.4 Å². The molecule has 0 bridgehead atoms. The number of amides is 1. The number of ether oxygens (including phenoxy) is 1. The number of nitrogens with zero attached hydrogens (tertiary/aromatic N) is 2. The van der Waals surface area contributed by atoms with Gasteiger partial charge < -0.3 is 10.1 Å². The number of carbonyl (C=O) groups excluding carboxylic acids is 2. The molecule has 0 radical (unpaired) electrons. The first kappa shape index (κ1) is 20.4. The predicted octanol–water partition coefficient (Wildman–Crippen LogP) is 4.40. The number of thioether (sulfide) groups is 1. The number of halogens is 1. The van der Waals surface area contributed by atoms with E-state index in [0.29, 0.717) is 32.1 Å². The molecular formula is C18H17ClN4O3S2. The van der Waals surface area contributed by atoms with E-state index in [-0.39, 0.29) is 18.3 Å². The van der Waals surface area contributed by atoms with Gasteiger partial charge >= 0.3 is 5.97 Å². The van der Waals surface area contributed by atoms with Gasteiger partial charge in [0.1, 0.15) is 16.4 Å². The number of thiophene rings is 1. The Hall–Kier alpha value is -2.36. The van der Waals surface area contributed by atoms with Gasteiger partial charge in [0.25, 0.3) is 0 Å². The Morgan fingerprint density at radius 3 is 2.71 bits per heavy atom. The molecule has 0 unspecified atom stereocenters. The molecule has 28 heavy (non-hydrogen) atoms. The van der Waals surface area contributed by atoms with Crippen LogP contribution >= 0.6 is 34.7 Å². The van der Waals surface area contributed by atoms with Crippen molar-refractivity contribution in [1.82, 2.24) is 15.2 Å². The zero-order valence-corrected chi connectivity index (χ0v) is 17.5. The Kier molecular flexibility index (Phi) is 6.71. The number of aromatic nitrogens is 3. The molecule has 0 aliphatic heterocycles. The van der Waals surface area contributed by atoms with Gasteiger partial charge in [-0.05, 0) is 31.5 Å². The number of hydrogen-bond donors (Lipinski definition) is 2. The van der Waals surface area contributed by atoms with Crippen LogP contribution in [0.1, 0.15) is 23.1 Å². The number of anilines is 1. The van der Waals surface area contributed by atoms with Crippen molar-refractivity contribution in [2.75, 3.05) is 17.7 Å². The van der Waals surface area contributed by atoms with E-state index in [1.54, 1.807) is 26.0 Å². The smallest absolute Gasteiger partial charge is 0.341 e. The minimum Gasteiger partial charge on any atom is -0.462 e. The Morgan fingerprint density at radius 1 is 1.32 bits per heavy atom. The van der Waals surface area contributed by atoms with E-state index in [4.69, 9.17) is 16.3 Å². The van der Waals surface area contributed by atoms with Gasteiger partial charge in [-0.3, -0.25) is 9.89 Å². The summed E-state index contributed by atoms with van der Waals surface area (Å²) in [5.41, 5.74) is 1.84. The highest BCUT2D eigenvalue weighted by atomic mass is 35.5. The maximum absolute atomic E-state index is 12.5. The molecule has 1 aromatic carbocycles. The first-order valence-electron chi connectivity index (χ1n) is 8.34. The van der Waals surface area contributed by atoms with Gasteiger partial charge in [0.05, 0.1) is 12.4 Å². The molecule has 3 aromatic rings. The monoisotopic (exact) mass is 436 g/mol. The Balaban J connectivity index is 1.80. The normalized spacial score (nSPS) is 10.7. The molecule has 2 heterocycles. The van der Waals surface area contributed by atoms with Crippen LogP contribution in [0, 0.1) is 6.92 Å². The minimum atomic E-state index is -0.485. The number of benzene rings is 1. The van der Waals surface area contributed by atoms with Gasteiger partial charge in [-0.25, -0.2) is 9.78 Å². The Bertz CT molecular complexity index is 985. The molecule has 10 heteroatoms. The second kappa shape index (κ2) is 9.22. The zero-order chi connectivity index (χ0) is 20.1. The molecule has 2 N–H and O–H groups in total. The highest BCUT2D eigenvalue weighted by molar-refractivity contribution is 7.99. The molecule has 0 aliphatic carbocycles. The summed E-state index contributed by atoms with van der Waals surface area (Å²) < 4.78 is 5.19. The van der Waals surface area contributed by atoms with Gasteiger partial charge in [0.2, 0.25) is 11.1 Å². The second-order valence-corrected chi connectivity index (χ2v) is 7.88. The molecule has 0 saturated carbocycles. The first-order chi connectivity index (χ1) is 13.5. The molecule has 1 amide bonds. The standard InChI is InChI=1S/C18H17ClN4O3S2/c1-3-26-17(25)15-13(11-4-6-12(19)7-5-11)8-27-16(15)21-14(24)9-28-18-20-10(2)22-23-18/h4-8H,3,9H2,1-2H3,(H,21,24)(H,20,22,23). The van der Waals surface area contributed by atoms with Gasteiger partial charge in [0.15, 0.2) is 0 Å². The van der Waals surface area contributed by atoms with Gasteiger partial charge in [-0.2, -0.15) is 0 Å². The lowest BCUT2D eigenvalue weighted by Gasteiger charge is -2.08. The van der Waals surface area contributed by atoms with Crippen LogP contribution in [-0.2, 0) is 9.53 Å². The number of carbonyl (C=O) groups is 2. The fraction of sp³-hybridized carbons (Fsp3) is 0.222. The fourth-order valence-corrected chi connectivity index (χ4v) is 4.12. The van der Waals surface area contributed by atoms with E-state index in [1.165, 1.54) is 23.1 Å². The number of nitrogens with one attached hydrogen (secondary N) is 2. The maximum atomic E-state index is 12.5. The maximum Gasteiger partial charge on any atom is 0.341 e. The molecule has 0 saturated heterocycles. The van der Waals surface area contributed by atoms with E-state index < -0.39 is 5.97 Å². The van der Waals surface area contributed by atoms with Crippen molar-refractivity contribution in [3.05, 3.63) is 46.1 Å². The summed E-state index contributed by atoms with van der Waals surface area (Å²) in [4.78, 5) is 29.0. The van der Waals surface area contributed by atoms with Crippen LogP contribution in [0.3, 0.4) is 0 Å². The number of esters is 1. The number of aryl methyl sites for hydroxylation is 1. The third-order valence-electron chi connectivity index (χ3n) is 3.59. The molecule has 0 aliphatic rings. The average molecular weight is 437 g/mol. The third kappa shape index (κ3) is 4.92. The van der Waals surface area contributed by atoms with Crippen molar-refractivity contribution < 1.29 is 14.3 Å². The van der Waals surface area contributed by atoms with Crippen molar-refractivity contribution in [3.8, 4) is 11.1 Å². The highest BCUT2D eigenvalue weighted by Gasteiger charge is 2.23. The lowest BCUT2D eigenvalue weighted by Crippen LogP contribution is -2.16. The van der Waals surface area contributed by atoms with Crippen LogP contribution in [0.5, 0.6) is 0 Å². The highest BCUT2D eigenvalue weighted by Crippen LogP contribution is 2.36. The van der Waals surface area contributed by atoms with Crippen LogP contribution in [0.25, 0.3) is 11.1 Å². The largest absolute Gasteiger partial charge is 0.462 e. The summed E-state index contributed by atoms with van der Waals surface area (Å²) in [7, 11) is 0. The SMILES string of the molecule is CCOC(=O)c1c(-c2ccc(Cl)cc2)csc1NC(=O)CSc1n[nH]c(C)n1. The molecule has 3 rings (SSSR count). The number of H-pyrrole nitrogens is 1. The van der Waals surface area contributed by atoms with E-state index >= 15 is 0 Å². The lowest BCUT2D eigenvalue weighted by atomic mass is 10.0. The Morgan fingerprint density at radius 2 is 2.07 bits per heavy atom. The van der Waals surface area contributed by atoms with E-state index in [1.807, 2.05) is 17.5 Å². The van der Waals surface area contributed by atoms with Crippen LogP contribution in [0.4, 0.5) is 5.00 Å². The molecule has 2 aromatic heterocycles. The van der Waals surface area contributed by atoms with Crippen LogP contribution in [0.2, 0.25) is 5.02 Å². The van der Waals surface area contributed by atoms with Crippen LogP contribution in [0.15, 0.2) is 34.8 Å². The molecule has 0 spiro atoms. The lowest BCUT2D eigenvalue weighted by molar-refractivity contribution is -0.113. The molecule has 0 fully saturated rings. The topological polar surface area (TPSA) is 97.0 Å². The minimum absolute atomic E-state index is 0.119. The van der Waals surface area contributed by atoms with Gasteiger partial charge in [0, 0.05) is 16.0 Å². The van der Waals surface area contributed by atoms with E-state index in [2.05, 4.69) is 20.5 Å². The summed E-state index contributed by atoms with van der Waals surface area (Å²) in [6.07, 6.45) is 0. The number of hydrogen-bond acceptors (Lipinski definition) is 7. The van der Waals surface area contributed by atoms with E-state index in [9.17, 15) is 9.59 Å². The van der Waals surface area contributed by atoms with Gasteiger partial charge in [-0.1, -0.05) is 35.5 Å². The summed E-state index contributed by atoms with van der Waals surface area (Å²) >= 11 is 8.43. The quantitative estimate of drug-likeness (QED) is 0.420. The zero-order valence-electron chi connectivity index (χ0n) is 15.1. The first-order valence-corrected chi connectivity index (χ1v) is 10.6. The summed E-state index contributed by atoms with van der Waals surface area (Å²) in [5.74, 6) is 0.0513. The summed E-state index contributed by atoms with van der Waals surface area (Å²) in [6.45, 7) is 3.76. The molecule has 0 atom stereocenters. The van der Waals surface area contributed by atoms with Crippen LogP contribution < -0.4 is 5.32 Å². The average Bonchev–Trinajstić information content (AvgIpc) is 3.27. The van der Waals surface area contributed by atoms with E-state index in [0.717, 1.165) is 5.56 Å². The van der Waals surface area contributed by atoms with Crippen molar-refractivity contribution >= 4 is 51.6 Å². The number of aromatic amines is 1.